The topological polar surface area (TPSA) is 104 Å². The largest absolute Gasteiger partial charge is 0.322 e. The van der Waals surface area contributed by atoms with E-state index in [-0.39, 0.29) is 5.91 Å². The lowest BCUT2D eigenvalue weighted by Crippen LogP contribution is -2.13. The number of nitrogens with one attached hydrogen (secondary N) is 2. The lowest BCUT2D eigenvalue weighted by Gasteiger charge is -2.06. The van der Waals surface area contributed by atoms with Crippen molar-refractivity contribution in [2.75, 3.05) is 10.7 Å². The Kier molecular flexibility index (Phi) is 4.27. The van der Waals surface area contributed by atoms with Gasteiger partial charge in [-0.2, -0.15) is 5.26 Å². The minimum absolute atomic E-state index is 0.255. The van der Waals surface area contributed by atoms with E-state index in [1.54, 1.807) is 36.4 Å². The maximum Gasteiger partial charge on any atom is 0.257 e. The van der Waals surface area contributed by atoms with E-state index in [4.69, 9.17) is 11.1 Å². The predicted molar refractivity (Wildman–Crippen MR) is 75.8 cm³/mol. The number of aromatic nitrogens is 1. The van der Waals surface area contributed by atoms with Crippen LogP contribution >= 0.6 is 0 Å². The van der Waals surface area contributed by atoms with Gasteiger partial charge < -0.3 is 10.7 Å². The van der Waals surface area contributed by atoms with Crippen LogP contribution in [0, 0.1) is 11.3 Å². The van der Waals surface area contributed by atoms with Crippen LogP contribution in [0.2, 0.25) is 0 Å². The van der Waals surface area contributed by atoms with Gasteiger partial charge in [0.05, 0.1) is 18.1 Å². The van der Waals surface area contributed by atoms with Crippen molar-refractivity contribution in [3.8, 4) is 6.07 Å². The summed E-state index contributed by atoms with van der Waals surface area (Å²) in [5.41, 5.74) is 4.40. The Balaban J connectivity index is 2.05. The molecule has 1 aromatic heterocycles. The lowest BCUT2D eigenvalue weighted by atomic mass is 10.1. The van der Waals surface area contributed by atoms with Crippen LogP contribution in [0.5, 0.6) is 0 Å². The standard InChI is InChI=1S/C14H13N5O/c15-8-7-10-1-4-12(5-2-10)18-14(20)11-3-6-13(19-16)17-9-11/h1-6,9H,7,16H2,(H,17,19)(H,18,20). The van der Waals surface area contributed by atoms with Crippen LogP contribution in [-0.2, 0) is 6.42 Å². The van der Waals surface area contributed by atoms with Crippen molar-refractivity contribution in [1.82, 2.24) is 4.98 Å². The van der Waals surface area contributed by atoms with Crippen molar-refractivity contribution in [2.24, 2.45) is 5.84 Å². The highest BCUT2D eigenvalue weighted by atomic mass is 16.1. The number of anilines is 2. The number of nitriles is 1. The molecule has 0 aliphatic carbocycles. The van der Waals surface area contributed by atoms with Gasteiger partial charge >= 0.3 is 0 Å². The number of benzene rings is 1. The third-order valence-electron chi connectivity index (χ3n) is 2.67. The Morgan fingerprint density at radius 2 is 2.00 bits per heavy atom. The van der Waals surface area contributed by atoms with Crippen LogP contribution in [0.4, 0.5) is 11.5 Å². The zero-order valence-electron chi connectivity index (χ0n) is 10.6. The summed E-state index contributed by atoms with van der Waals surface area (Å²) >= 11 is 0. The second-order valence-electron chi connectivity index (χ2n) is 4.06. The predicted octanol–water partition coefficient (Wildman–Crippen LogP) is 1.69. The van der Waals surface area contributed by atoms with Gasteiger partial charge in [-0.15, -0.1) is 0 Å². The number of rotatable bonds is 4. The summed E-state index contributed by atoms with van der Waals surface area (Å²) in [4.78, 5) is 15.9. The fourth-order valence-corrected chi connectivity index (χ4v) is 1.61. The molecule has 6 nitrogen and oxygen atoms in total. The number of pyridine rings is 1. The fraction of sp³-hybridized carbons (Fsp3) is 0.0714. The number of hydrogen-bond acceptors (Lipinski definition) is 5. The van der Waals surface area contributed by atoms with Crippen molar-refractivity contribution in [3.63, 3.8) is 0 Å². The van der Waals surface area contributed by atoms with Crippen molar-refractivity contribution >= 4 is 17.4 Å². The smallest absolute Gasteiger partial charge is 0.257 e. The number of nitrogens with zero attached hydrogens (tertiary/aromatic N) is 2. The number of carbonyl (C=O) groups is 1. The summed E-state index contributed by atoms with van der Waals surface area (Å²) in [5.74, 6) is 5.44. The van der Waals surface area contributed by atoms with E-state index in [0.717, 1.165) is 5.56 Å². The summed E-state index contributed by atoms with van der Waals surface area (Å²) in [6.45, 7) is 0. The summed E-state index contributed by atoms with van der Waals surface area (Å²) in [6.07, 6.45) is 1.79. The summed E-state index contributed by atoms with van der Waals surface area (Å²) < 4.78 is 0. The average molecular weight is 267 g/mol. The first kappa shape index (κ1) is 13.5. The lowest BCUT2D eigenvalue weighted by molar-refractivity contribution is 0.102. The van der Waals surface area contributed by atoms with Crippen molar-refractivity contribution in [2.45, 2.75) is 6.42 Å². The molecular formula is C14H13N5O. The molecule has 0 unspecified atom stereocenters. The van der Waals surface area contributed by atoms with Gasteiger partial charge in [-0.05, 0) is 29.8 Å². The summed E-state index contributed by atoms with van der Waals surface area (Å²) in [5, 5.41) is 11.3. The molecule has 0 aliphatic rings. The molecule has 2 aromatic rings. The second kappa shape index (κ2) is 6.31. The molecule has 1 amide bonds. The van der Waals surface area contributed by atoms with E-state index in [1.165, 1.54) is 6.20 Å². The molecule has 1 heterocycles. The minimum Gasteiger partial charge on any atom is -0.322 e. The third-order valence-corrected chi connectivity index (χ3v) is 2.67. The number of nitrogens with two attached hydrogens (primary N) is 1. The Hall–Kier alpha value is -2.91. The van der Waals surface area contributed by atoms with Gasteiger partial charge in [0.1, 0.15) is 5.82 Å². The molecule has 20 heavy (non-hydrogen) atoms. The maximum atomic E-state index is 12.0. The first-order valence-electron chi connectivity index (χ1n) is 5.93. The minimum atomic E-state index is -0.255. The van der Waals surface area contributed by atoms with E-state index < -0.39 is 0 Å². The number of hydrazine groups is 1. The molecule has 0 aliphatic heterocycles. The molecule has 0 saturated carbocycles. The number of carbonyl (C=O) groups excluding carboxylic acids is 1. The Morgan fingerprint density at radius 1 is 1.25 bits per heavy atom. The maximum absolute atomic E-state index is 12.0. The van der Waals surface area contributed by atoms with Crippen molar-refractivity contribution < 1.29 is 4.79 Å². The Morgan fingerprint density at radius 3 is 2.55 bits per heavy atom. The van der Waals surface area contributed by atoms with Gasteiger partial charge in [-0.25, -0.2) is 10.8 Å². The molecule has 0 spiro atoms. The van der Waals surface area contributed by atoms with E-state index in [1.807, 2.05) is 0 Å². The number of hydrogen-bond donors (Lipinski definition) is 3. The number of amides is 1. The van der Waals surface area contributed by atoms with E-state index in [2.05, 4.69) is 21.8 Å². The molecule has 0 fully saturated rings. The van der Waals surface area contributed by atoms with Crippen LogP contribution in [0.25, 0.3) is 0 Å². The molecule has 4 N–H and O–H groups in total. The third kappa shape index (κ3) is 3.31. The fourth-order valence-electron chi connectivity index (χ4n) is 1.61. The van der Waals surface area contributed by atoms with Crippen molar-refractivity contribution in [1.29, 1.82) is 5.26 Å². The zero-order valence-corrected chi connectivity index (χ0v) is 10.6. The van der Waals surface area contributed by atoms with E-state index in [9.17, 15) is 4.79 Å². The first-order chi connectivity index (χ1) is 9.72. The molecule has 0 bridgehead atoms. The SMILES string of the molecule is N#CCc1ccc(NC(=O)c2ccc(NN)nc2)cc1. The second-order valence-corrected chi connectivity index (χ2v) is 4.06. The van der Waals surface area contributed by atoms with Gasteiger partial charge in [0, 0.05) is 11.9 Å². The zero-order chi connectivity index (χ0) is 14.4. The van der Waals surface area contributed by atoms with Crippen LogP contribution in [0.15, 0.2) is 42.6 Å². The van der Waals surface area contributed by atoms with Crippen LogP contribution in [0.1, 0.15) is 15.9 Å². The quantitative estimate of drug-likeness (QED) is 0.577. The van der Waals surface area contributed by atoms with Crippen LogP contribution in [-0.4, -0.2) is 10.9 Å². The van der Waals surface area contributed by atoms with Crippen molar-refractivity contribution in [3.05, 3.63) is 53.7 Å². The van der Waals surface area contributed by atoms with Gasteiger partial charge in [-0.3, -0.25) is 4.79 Å². The molecule has 0 radical (unpaired) electrons. The molecular weight excluding hydrogens is 254 g/mol. The molecule has 6 heteroatoms. The molecule has 2 rings (SSSR count). The summed E-state index contributed by atoms with van der Waals surface area (Å²) in [6, 6.07) is 12.4. The monoisotopic (exact) mass is 267 g/mol. The number of nitrogen functional groups attached to an aromatic ring is 1. The summed E-state index contributed by atoms with van der Waals surface area (Å²) in [7, 11) is 0. The first-order valence-corrected chi connectivity index (χ1v) is 5.93. The highest BCUT2D eigenvalue weighted by Gasteiger charge is 2.06. The highest BCUT2D eigenvalue weighted by molar-refractivity contribution is 6.04. The molecule has 1 aromatic carbocycles. The van der Waals surface area contributed by atoms with Gasteiger partial charge in [-0.1, -0.05) is 12.1 Å². The Labute approximate surface area is 116 Å². The van der Waals surface area contributed by atoms with Crippen LogP contribution in [0.3, 0.4) is 0 Å². The molecule has 100 valence electrons. The molecule has 0 atom stereocenters. The van der Waals surface area contributed by atoms with Gasteiger partial charge in [0.2, 0.25) is 0 Å². The van der Waals surface area contributed by atoms with E-state index >= 15 is 0 Å². The van der Waals surface area contributed by atoms with Crippen LogP contribution < -0.4 is 16.6 Å². The van der Waals surface area contributed by atoms with Gasteiger partial charge in [0.15, 0.2) is 0 Å². The van der Waals surface area contributed by atoms with Gasteiger partial charge in [0.25, 0.3) is 5.91 Å². The average Bonchev–Trinajstić information content (AvgIpc) is 2.49. The highest BCUT2D eigenvalue weighted by Crippen LogP contribution is 2.12. The van der Waals surface area contributed by atoms with E-state index in [0.29, 0.717) is 23.5 Å². The normalized spacial score (nSPS) is 9.60. The molecule has 0 saturated heterocycles. The Bertz CT molecular complexity index is 628.